The summed E-state index contributed by atoms with van der Waals surface area (Å²) in [7, 11) is 0. The van der Waals surface area contributed by atoms with Gasteiger partial charge in [0.2, 0.25) is 0 Å². The number of aromatic nitrogens is 4. The van der Waals surface area contributed by atoms with Gasteiger partial charge in [-0.05, 0) is 42.5 Å². The molecular weight excluding hydrogens is 445 g/mol. The number of piperidine rings is 1. The Kier molecular flexibility index (Phi) is 5.62. The first-order valence-corrected chi connectivity index (χ1v) is 12.1. The predicted molar refractivity (Wildman–Crippen MR) is 131 cm³/mol. The molecule has 2 N–H and O–H groups in total. The van der Waals surface area contributed by atoms with Crippen LogP contribution in [0, 0.1) is 11.7 Å². The Morgan fingerprint density at radius 2 is 1.83 bits per heavy atom. The molecule has 0 spiro atoms. The van der Waals surface area contributed by atoms with Crippen molar-refractivity contribution in [2.75, 3.05) is 24.6 Å². The van der Waals surface area contributed by atoms with E-state index in [0.29, 0.717) is 5.92 Å². The summed E-state index contributed by atoms with van der Waals surface area (Å²) in [5, 5.41) is 22.9. The lowest BCUT2D eigenvalue weighted by Gasteiger charge is -2.37. The summed E-state index contributed by atoms with van der Waals surface area (Å²) in [6.45, 7) is 1.82. The standard InChI is InChI=1S/C27H28FN5O2/c28-24-3-1-2-23-25-13-29-17-33(25)27(26(23)24)19-8-10-31(11-9-19)21-6-4-18(5-7-21)20-12-30-32(14-20)15-22(35)16-34/h1-7,12-14,17,19,22,27,34-35H,8-11,15-16H2/t22-,27?/m0/s1. The molecule has 2 aromatic heterocycles. The summed E-state index contributed by atoms with van der Waals surface area (Å²) < 4.78 is 18.7. The lowest BCUT2D eigenvalue weighted by molar-refractivity contribution is 0.0783. The van der Waals surface area contributed by atoms with E-state index in [2.05, 4.69) is 43.8 Å². The van der Waals surface area contributed by atoms with Crippen molar-refractivity contribution in [1.29, 1.82) is 0 Å². The molecule has 1 saturated heterocycles. The highest BCUT2D eigenvalue weighted by Gasteiger charge is 2.37. The van der Waals surface area contributed by atoms with E-state index < -0.39 is 6.10 Å². The molecule has 4 heterocycles. The normalized spacial score (nSPS) is 18.5. The molecule has 2 aliphatic heterocycles. The van der Waals surface area contributed by atoms with Crippen LogP contribution in [0.15, 0.2) is 67.4 Å². The number of aliphatic hydroxyl groups is 2. The van der Waals surface area contributed by atoms with Crippen LogP contribution in [-0.2, 0) is 6.54 Å². The largest absolute Gasteiger partial charge is 0.394 e. The zero-order chi connectivity index (χ0) is 23.9. The Bertz CT molecular complexity index is 1320. The van der Waals surface area contributed by atoms with Crippen molar-refractivity contribution in [3.8, 4) is 22.4 Å². The van der Waals surface area contributed by atoms with E-state index in [4.69, 9.17) is 5.11 Å². The predicted octanol–water partition coefficient (Wildman–Crippen LogP) is 3.73. The molecule has 2 aromatic carbocycles. The first-order chi connectivity index (χ1) is 17.1. The van der Waals surface area contributed by atoms with Crippen LogP contribution in [0.3, 0.4) is 0 Å². The van der Waals surface area contributed by atoms with Crippen LogP contribution in [0.2, 0.25) is 0 Å². The number of nitrogens with zero attached hydrogens (tertiary/aromatic N) is 5. The van der Waals surface area contributed by atoms with E-state index in [1.165, 1.54) is 5.69 Å². The second kappa shape index (κ2) is 8.94. The van der Waals surface area contributed by atoms with Gasteiger partial charge in [-0.25, -0.2) is 9.37 Å². The summed E-state index contributed by atoms with van der Waals surface area (Å²) in [5.41, 5.74) is 6.00. The minimum atomic E-state index is -0.817. The van der Waals surface area contributed by atoms with Crippen LogP contribution in [-0.4, -0.2) is 55.3 Å². The van der Waals surface area contributed by atoms with Gasteiger partial charge in [0, 0.05) is 41.7 Å². The first kappa shape index (κ1) is 22.0. The van der Waals surface area contributed by atoms with Crippen LogP contribution < -0.4 is 4.90 Å². The van der Waals surface area contributed by atoms with E-state index in [0.717, 1.165) is 53.9 Å². The number of fused-ring (bicyclic) bond motifs is 3. The molecule has 0 aliphatic carbocycles. The molecular formula is C27H28FN5O2. The third-order valence-electron chi connectivity index (χ3n) is 7.38. The molecule has 180 valence electrons. The van der Waals surface area contributed by atoms with Gasteiger partial charge in [-0.3, -0.25) is 4.68 Å². The maximum Gasteiger partial charge on any atom is 0.129 e. The van der Waals surface area contributed by atoms with Crippen LogP contribution in [0.4, 0.5) is 10.1 Å². The Balaban J connectivity index is 1.14. The van der Waals surface area contributed by atoms with E-state index >= 15 is 0 Å². The molecule has 2 aliphatic rings. The van der Waals surface area contributed by atoms with Gasteiger partial charge in [0.15, 0.2) is 0 Å². The highest BCUT2D eigenvalue weighted by Crippen LogP contribution is 2.47. The maximum absolute atomic E-state index is 14.9. The summed E-state index contributed by atoms with van der Waals surface area (Å²) in [5.74, 6) is 0.236. The topological polar surface area (TPSA) is 79.3 Å². The van der Waals surface area contributed by atoms with Gasteiger partial charge in [0.05, 0.1) is 49.7 Å². The fourth-order valence-electron chi connectivity index (χ4n) is 5.62. The number of hydrogen-bond acceptors (Lipinski definition) is 5. The average Bonchev–Trinajstić information content (AvgIpc) is 3.61. The Morgan fingerprint density at radius 1 is 1.03 bits per heavy atom. The Morgan fingerprint density at radius 3 is 2.60 bits per heavy atom. The minimum absolute atomic E-state index is 0.00844. The molecule has 0 bridgehead atoms. The van der Waals surface area contributed by atoms with E-state index in [9.17, 15) is 9.50 Å². The summed E-state index contributed by atoms with van der Waals surface area (Å²) in [4.78, 5) is 6.73. The Hall–Kier alpha value is -3.49. The lowest BCUT2D eigenvalue weighted by atomic mass is 9.85. The van der Waals surface area contributed by atoms with Crippen molar-refractivity contribution in [2.24, 2.45) is 5.92 Å². The fraction of sp³-hybridized carbons (Fsp3) is 0.333. The summed E-state index contributed by atoms with van der Waals surface area (Å²) in [6, 6.07) is 13.8. The fourth-order valence-corrected chi connectivity index (χ4v) is 5.62. The van der Waals surface area contributed by atoms with Crippen molar-refractivity contribution in [3.63, 3.8) is 0 Å². The lowest BCUT2D eigenvalue weighted by Crippen LogP contribution is -2.36. The van der Waals surface area contributed by atoms with Gasteiger partial charge in [-0.1, -0.05) is 24.3 Å². The monoisotopic (exact) mass is 473 g/mol. The summed E-state index contributed by atoms with van der Waals surface area (Å²) >= 11 is 0. The van der Waals surface area contributed by atoms with Gasteiger partial charge in [0.25, 0.3) is 0 Å². The van der Waals surface area contributed by atoms with Crippen molar-refractivity contribution in [3.05, 3.63) is 78.8 Å². The molecule has 6 rings (SSSR count). The smallest absolute Gasteiger partial charge is 0.129 e. The molecule has 1 fully saturated rings. The molecule has 0 saturated carbocycles. The molecule has 1 unspecified atom stereocenters. The minimum Gasteiger partial charge on any atom is -0.394 e. The molecule has 35 heavy (non-hydrogen) atoms. The third-order valence-corrected chi connectivity index (χ3v) is 7.38. The van der Waals surface area contributed by atoms with Crippen molar-refractivity contribution in [2.45, 2.75) is 31.5 Å². The quantitative estimate of drug-likeness (QED) is 0.446. The number of halogens is 1. The molecule has 2 atom stereocenters. The van der Waals surface area contributed by atoms with Crippen LogP contribution >= 0.6 is 0 Å². The van der Waals surface area contributed by atoms with Crippen LogP contribution in [0.5, 0.6) is 0 Å². The highest BCUT2D eigenvalue weighted by molar-refractivity contribution is 5.69. The molecule has 8 heteroatoms. The van der Waals surface area contributed by atoms with E-state index in [-0.39, 0.29) is 25.0 Å². The molecule has 7 nitrogen and oxygen atoms in total. The highest BCUT2D eigenvalue weighted by atomic mass is 19.1. The number of rotatable bonds is 6. The summed E-state index contributed by atoms with van der Waals surface area (Å²) in [6.07, 6.45) is 8.48. The molecule has 0 amide bonds. The van der Waals surface area contributed by atoms with Crippen LogP contribution in [0.25, 0.3) is 22.4 Å². The maximum atomic E-state index is 14.9. The number of benzene rings is 2. The van der Waals surface area contributed by atoms with Gasteiger partial charge >= 0.3 is 0 Å². The molecule has 0 radical (unpaired) electrons. The van der Waals surface area contributed by atoms with Gasteiger partial charge in [0.1, 0.15) is 5.82 Å². The van der Waals surface area contributed by atoms with Crippen LogP contribution in [0.1, 0.15) is 24.4 Å². The van der Waals surface area contributed by atoms with Gasteiger partial charge < -0.3 is 19.7 Å². The SMILES string of the molecule is OC[C@@H](O)Cn1cc(-c2ccc(N3CCC(C4c5c(F)cccc5-c5cncn54)CC3)cc2)cn1. The number of anilines is 1. The van der Waals surface area contributed by atoms with E-state index in [1.54, 1.807) is 23.0 Å². The zero-order valence-electron chi connectivity index (χ0n) is 19.3. The Labute approximate surface area is 203 Å². The number of hydrogen-bond donors (Lipinski definition) is 2. The molecule has 4 aromatic rings. The average molecular weight is 474 g/mol. The van der Waals surface area contributed by atoms with Crippen molar-refractivity contribution in [1.82, 2.24) is 19.3 Å². The number of aliphatic hydroxyl groups excluding tert-OH is 2. The second-order valence-corrected chi connectivity index (χ2v) is 9.49. The van der Waals surface area contributed by atoms with Crippen molar-refractivity contribution >= 4 is 5.69 Å². The number of imidazole rings is 1. The van der Waals surface area contributed by atoms with Gasteiger partial charge in [-0.2, -0.15) is 5.10 Å². The second-order valence-electron chi connectivity index (χ2n) is 9.49. The van der Waals surface area contributed by atoms with E-state index in [1.807, 2.05) is 24.8 Å². The van der Waals surface area contributed by atoms with Gasteiger partial charge in [-0.15, -0.1) is 0 Å². The van der Waals surface area contributed by atoms with Crippen molar-refractivity contribution < 1.29 is 14.6 Å². The zero-order valence-corrected chi connectivity index (χ0v) is 19.3. The third kappa shape index (κ3) is 3.92. The first-order valence-electron chi connectivity index (χ1n) is 12.1.